The van der Waals surface area contributed by atoms with E-state index < -0.39 is 0 Å². The molecule has 1 rings (SSSR count). The summed E-state index contributed by atoms with van der Waals surface area (Å²) in [4.78, 5) is 0. The Morgan fingerprint density at radius 3 is 0.969 bits per heavy atom. The van der Waals surface area contributed by atoms with Gasteiger partial charge >= 0.3 is 0 Å². The van der Waals surface area contributed by atoms with Gasteiger partial charge in [0.2, 0.25) is 0 Å². The van der Waals surface area contributed by atoms with Gasteiger partial charge in [0.1, 0.15) is 0 Å². The van der Waals surface area contributed by atoms with Crippen LogP contribution >= 0.6 is 0 Å². The topological polar surface area (TPSA) is 29.5 Å². The largest absolute Gasteiger partial charge is 0.396 e. The SMILES string of the molecule is C1CCCCC1.CCCCCCCCCCCCCCCCO.CCCCOCCCC. The van der Waals surface area contributed by atoms with Gasteiger partial charge < -0.3 is 9.84 Å². The first-order valence-electron chi connectivity index (χ1n) is 15.0. The van der Waals surface area contributed by atoms with E-state index in [1.54, 1.807) is 0 Å². The fraction of sp³-hybridized carbons (Fsp3) is 1.00. The van der Waals surface area contributed by atoms with E-state index in [9.17, 15) is 0 Å². The van der Waals surface area contributed by atoms with Gasteiger partial charge in [0, 0.05) is 19.8 Å². The van der Waals surface area contributed by atoms with Crippen LogP contribution in [0.4, 0.5) is 0 Å². The van der Waals surface area contributed by atoms with E-state index in [1.807, 2.05) is 0 Å². The molecule has 0 aromatic carbocycles. The molecule has 0 aromatic heterocycles. The van der Waals surface area contributed by atoms with Gasteiger partial charge in [-0.15, -0.1) is 0 Å². The highest BCUT2D eigenvalue weighted by molar-refractivity contribution is 4.51. The number of hydrogen-bond acceptors (Lipinski definition) is 2. The highest BCUT2D eigenvalue weighted by Gasteiger charge is 1.95. The fourth-order valence-electron chi connectivity index (χ4n) is 3.96. The zero-order valence-electron chi connectivity index (χ0n) is 22.9. The molecule has 0 spiro atoms. The van der Waals surface area contributed by atoms with Crippen molar-refractivity contribution in [1.29, 1.82) is 0 Å². The second kappa shape index (κ2) is 35.5. The summed E-state index contributed by atoms with van der Waals surface area (Å²) >= 11 is 0. The quantitative estimate of drug-likeness (QED) is 0.185. The van der Waals surface area contributed by atoms with Gasteiger partial charge in [-0.2, -0.15) is 0 Å². The summed E-state index contributed by atoms with van der Waals surface area (Å²) in [7, 11) is 0. The minimum atomic E-state index is 0.373. The maximum Gasteiger partial charge on any atom is 0.0465 e. The predicted octanol–water partition coefficient (Wildman–Crippen LogP) is 10.4. The van der Waals surface area contributed by atoms with Crippen LogP contribution in [0.25, 0.3) is 0 Å². The van der Waals surface area contributed by atoms with Gasteiger partial charge in [-0.25, -0.2) is 0 Å². The third kappa shape index (κ3) is 37.2. The van der Waals surface area contributed by atoms with Crippen molar-refractivity contribution in [3.63, 3.8) is 0 Å². The summed E-state index contributed by atoms with van der Waals surface area (Å²) in [6.07, 6.45) is 33.1. The van der Waals surface area contributed by atoms with Gasteiger partial charge in [0.25, 0.3) is 0 Å². The third-order valence-electron chi connectivity index (χ3n) is 6.30. The van der Waals surface area contributed by atoms with E-state index >= 15 is 0 Å². The van der Waals surface area contributed by atoms with Crippen LogP contribution in [0.3, 0.4) is 0 Å². The van der Waals surface area contributed by atoms with E-state index in [0.29, 0.717) is 6.61 Å². The smallest absolute Gasteiger partial charge is 0.0465 e. The number of rotatable bonds is 20. The summed E-state index contributed by atoms with van der Waals surface area (Å²) in [5, 5.41) is 8.64. The van der Waals surface area contributed by atoms with E-state index in [1.165, 1.54) is 148 Å². The van der Waals surface area contributed by atoms with E-state index in [2.05, 4.69) is 20.8 Å². The van der Waals surface area contributed by atoms with E-state index in [4.69, 9.17) is 9.84 Å². The number of ether oxygens (including phenoxy) is 1. The number of aliphatic hydroxyl groups is 1. The van der Waals surface area contributed by atoms with Crippen LogP contribution in [0.5, 0.6) is 0 Å². The number of unbranched alkanes of at least 4 members (excludes halogenated alkanes) is 15. The first-order chi connectivity index (χ1) is 15.8. The Labute approximate surface area is 204 Å². The standard InChI is InChI=1S/C16H34O.C8H18O.C6H12/c1-2-3-4-5-6-7-8-9-10-11-12-13-14-15-16-17;1-3-5-7-9-8-6-4-2;1-2-4-6-5-3-1/h17H,2-16H2,1H3;3-8H2,1-2H3;1-6H2. The second-order valence-corrected chi connectivity index (χ2v) is 9.76. The average Bonchev–Trinajstić information content (AvgIpc) is 2.84. The molecule has 0 unspecified atom stereocenters. The summed E-state index contributed by atoms with van der Waals surface area (Å²) in [6, 6.07) is 0. The van der Waals surface area contributed by atoms with Gasteiger partial charge in [-0.3, -0.25) is 0 Å². The molecule has 0 saturated heterocycles. The normalized spacial score (nSPS) is 13.1. The van der Waals surface area contributed by atoms with Crippen molar-refractivity contribution in [3.05, 3.63) is 0 Å². The highest BCUT2D eigenvalue weighted by Crippen LogP contribution is 2.15. The molecular formula is C30H64O2. The summed E-state index contributed by atoms with van der Waals surface area (Å²) in [5.74, 6) is 0. The molecule has 0 aliphatic heterocycles. The van der Waals surface area contributed by atoms with Crippen LogP contribution in [0.15, 0.2) is 0 Å². The molecule has 32 heavy (non-hydrogen) atoms. The fourth-order valence-corrected chi connectivity index (χ4v) is 3.96. The first-order valence-corrected chi connectivity index (χ1v) is 15.0. The van der Waals surface area contributed by atoms with Crippen LogP contribution in [-0.4, -0.2) is 24.9 Å². The van der Waals surface area contributed by atoms with Crippen molar-refractivity contribution in [2.75, 3.05) is 19.8 Å². The molecule has 1 N–H and O–H groups in total. The molecule has 0 amide bonds. The van der Waals surface area contributed by atoms with Crippen molar-refractivity contribution in [1.82, 2.24) is 0 Å². The Bertz CT molecular complexity index is 244. The molecule has 1 aliphatic rings. The monoisotopic (exact) mass is 456 g/mol. The Morgan fingerprint density at radius 1 is 0.406 bits per heavy atom. The van der Waals surface area contributed by atoms with Crippen molar-refractivity contribution in [3.8, 4) is 0 Å². The van der Waals surface area contributed by atoms with Crippen molar-refractivity contribution >= 4 is 0 Å². The van der Waals surface area contributed by atoms with Crippen molar-refractivity contribution in [2.45, 2.75) is 175 Å². The van der Waals surface area contributed by atoms with Gasteiger partial charge in [-0.1, -0.05) is 156 Å². The zero-order valence-corrected chi connectivity index (χ0v) is 22.9. The number of aliphatic hydroxyl groups excluding tert-OH is 1. The molecule has 1 fully saturated rings. The Hall–Kier alpha value is -0.0800. The molecule has 0 radical (unpaired) electrons. The molecular weight excluding hydrogens is 392 g/mol. The van der Waals surface area contributed by atoms with Crippen molar-refractivity contribution in [2.24, 2.45) is 0 Å². The molecule has 1 saturated carbocycles. The average molecular weight is 457 g/mol. The lowest BCUT2D eigenvalue weighted by molar-refractivity contribution is 0.128. The molecule has 196 valence electrons. The minimum Gasteiger partial charge on any atom is -0.396 e. The van der Waals surface area contributed by atoms with E-state index in [0.717, 1.165) is 19.6 Å². The Kier molecular flexibility index (Phi) is 37.8. The van der Waals surface area contributed by atoms with Crippen LogP contribution in [-0.2, 0) is 4.74 Å². The Morgan fingerprint density at radius 2 is 0.688 bits per heavy atom. The van der Waals surface area contributed by atoms with Crippen molar-refractivity contribution < 1.29 is 9.84 Å². The maximum atomic E-state index is 8.64. The molecule has 0 aromatic rings. The maximum absolute atomic E-state index is 8.64. The molecule has 0 heterocycles. The van der Waals surface area contributed by atoms with E-state index in [-0.39, 0.29) is 0 Å². The molecule has 0 atom stereocenters. The molecule has 2 heteroatoms. The van der Waals surface area contributed by atoms with Gasteiger partial charge in [0.05, 0.1) is 0 Å². The van der Waals surface area contributed by atoms with Crippen LogP contribution in [0, 0.1) is 0 Å². The van der Waals surface area contributed by atoms with Gasteiger partial charge in [-0.05, 0) is 19.3 Å². The first kappa shape index (κ1) is 34.1. The summed E-state index contributed by atoms with van der Waals surface area (Å²) in [5.41, 5.74) is 0. The Balaban J connectivity index is 0. The van der Waals surface area contributed by atoms with Gasteiger partial charge in [0.15, 0.2) is 0 Å². The zero-order chi connectivity index (χ0) is 23.8. The lowest BCUT2D eigenvalue weighted by Crippen LogP contribution is -1.95. The lowest BCUT2D eigenvalue weighted by Gasteiger charge is -2.05. The lowest BCUT2D eigenvalue weighted by atomic mass is 10.0. The predicted molar refractivity (Wildman–Crippen MR) is 146 cm³/mol. The van der Waals surface area contributed by atoms with Crippen LogP contribution in [0.1, 0.15) is 175 Å². The molecule has 1 aliphatic carbocycles. The highest BCUT2D eigenvalue weighted by atomic mass is 16.5. The van der Waals surface area contributed by atoms with Crippen LogP contribution in [0.2, 0.25) is 0 Å². The summed E-state index contributed by atoms with van der Waals surface area (Å²) in [6.45, 7) is 8.93. The molecule has 0 bridgehead atoms. The minimum absolute atomic E-state index is 0.373. The van der Waals surface area contributed by atoms with Crippen LogP contribution < -0.4 is 0 Å². The summed E-state index contributed by atoms with van der Waals surface area (Å²) < 4.78 is 5.31. The second-order valence-electron chi connectivity index (χ2n) is 9.76. The number of hydrogen-bond donors (Lipinski definition) is 1. The molecule has 2 nitrogen and oxygen atoms in total. The third-order valence-corrected chi connectivity index (χ3v) is 6.30.